The van der Waals surface area contributed by atoms with Gasteiger partial charge in [0.2, 0.25) is 0 Å². The van der Waals surface area contributed by atoms with Gasteiger partial charge in [-0.1, -0.05) is 6.07 Å². The highest BCUT2D eigenvalue weighted by atomic mass is 19.4. The van der Waals surface area contributed by atoms with Crippen molar-refractivity contribution in [2.75, 3.05) is 6.54 Å². The zero-order valence-corrected chi connectivity index (χ0v) is 15.1. The minimum Gasteiger partial charge on any atom is -0.406 e. The van der Waals surface area contributed by atoms with Crippen molar-refractivity contribution in [3.8, 4) is 5.75 Å². The molecule has 1 unspecified atom stereocenters. The molecule has 1 saturated heterocycles. The lowest BCUT2D eigenvalue weighted by Crippen LogP contribution is -2.49. The summed E-state index contributed by atoms with van der Waals surface area (Å²) < 4.78 is 41.2. The van der Waals surface area contributed by atoms with Crippen LogP contribution < -0.4 is 4.74 Å². The minimum absolute atomic E-state index is 0.0760. The van der Waals surface area contributed by atoms with E-state index in [4.69, 9.17) is 0 Å². The second-order valence-electron chi connectivity index (χ2n) is 6.73. The number of amides is 1. The Morgan fingerprint density at radius 1 is 1.22 bits per heavy atom. The lowest BCUT2D eigenvalue weighted by Gasteiger charge is -2.38. The zero-order chi connectivity index (χ0) is 19.6. The van der Waals surface area contributed by atoms with Gasteiger partial charge in [0.1, 0.15) is 11.6 Å². The molecule has 1 atom stereocenters. The van der Waals surface area contributed by atoms with Crippen LogP contribution in [0, 0.1) is 6.92 Å². The first-order chi connectivity index (χ1) is 12.7. The van der Waals surface area contributed by atoms with Crippen LogP contribution in [0.1, 0.15) is 40.7 Å². The SMILES string of the molecule is Cc1cc(CCc2ncc(C(=O)N3CCC3C)cn2)cc(OC(F)(F)F)c1. The third kappa shape index (κ3) is 4.96. The molecule has 0 N–H and O–H groups in total. The van der Waals surface area contributed by atoms with Crippen molar-refractivity contribution in [3.05, 3.63) is 53.1 Å². The summed E-state index contributed by atoms with van der Waals surface area (Å²) >= 11 is 0. The van der Waals surface area contributed by atoms with Gasteiger partial charge in [0, 0.05) is 31.4 Å². The average molecular weight is 379 g/mol. The second kappa shape index (κ2) is 7.54. The van der Waals surface area contributed by atoms with E-state index in [-0.39, 0.29) is 17.7 Å². The molecule has 27 heavy (non-hydrogen) atoms. The molecule has 1 aromatic carbocycles. The maximum absolute atomic E-state index is 12.4. The van der Waals surface area contributed by atoms with Crippen molar-refractivity contribution in [1.82, 2.24) is 14.9 Å². The van der Waals surface area contributed by atoms with Crippen molar-refractivity contribution < 1.29 is 22.7 Å². The molecule has 0 saturated carbocycles. The van der Waals surface area contributed by atoms with E-state index in [1.165, 1.54) is 24.5 Å². The fourth-order valence-corrected chi connectivity index (χ4v) is 3.00. The van der Waals surface area contributed by atoms with Crippen LogP contribution in [0.15, 0.2) is 30.6 Å². The van der Waals surface area contributed by atoms with Crippen LogP contribution >= 0.6 is 0 Å². The number of alkyl halides is 3. The normalized spacial score (nSPS) is 16.8. The number of ether oxygens (including phenoxy) is 1. The lowest BCUT2D eigenvalue weighted by molar-refractivity contribution is -0.274. The average Bonchev–Trinajstić information content (AvgIpc) is 2.57. The number of aromatic nitrogens is 2. The van der Waals surface area contributed by atoms with Crippen LogP contribution in [-0.2, 0) is 12.8 Å². The Morgan fingerprint density at radius 2 is 1.93 bits per heavy atom. The van der Waals surface area contributed by atoms with Gasteiger partial charge in [-0.25, -0.2) is 9.97 Å². The van der Waals surface area contributed by atoms with Gasteiger partial charge in [-0.05, 0) is 49.9 Å². The van der Waals surface area contributed by atoms with Crippen LogP contribution in [0.3, 0.4) is 0 Å². The van der Waals surface area contributed by atoms with Gasteiger partial charge in [-0.15, -0.1) is 13.2 Å². The van der Waals surface area contributed by atoms with Crippen LogP contribution in [0.25, 0.3) is 0 Å². The molecule has 0 bridgehead atoms. The second-order valence-corrected chi connectivity index (χ2v) is 6.73. The number of halogens is 3. The molecule has 2 heterocycles. The van der Waals surface area contributed by atoms with Crippen molar-refractivity contribution >= 4 is 5.91 Å². The van der Waals surface area contributed by atoms with Crippen molar-refractivity contribution in [2.24, 2.45) is 0 Å². The number of carbonyl (C=O) groups is 1. The molecule has 144 valence electrons. The Bertz CT molecular complexity index is 822. The van der Waals surface area contributed by atoms with E-state index in [0.717, 1.165) is 13.0 Å². The third-order valence-electron chi connectivity index (χ3n) is 4.51. The number of likely N-dealkylation sites (tertiary alicyclic amines) is 1. The number of nitrogens with zero attached hydrogens (tertiary/aromatic N) is 3. The molecule has 0 aliphatic carbocycles. The van der Waals surface area contributed by atoms with E-state index < -0.39 is 6.36 Å². The van der Waals surface area contributed by atoms with Crippen LogP contribution in [0.2, 0.25) is 0 Å². The first-order valence-corrected chi connectivity index (χ1v) is 8.69. The summed E-state index contributed by atoms with van der Waals surface area (Å²) in [5, 5.41) is 0. The molecule has 1 amide bonds. The smallest absolute Gasteiger partial charge is 0.406 e. The fraction of sp³-hybridized carbons (Fsp3) is 0.421. The predicted molar refractivity (Wildman–Crippen MR) is 92.4 cm³/mol. The molecule has 2 aromatic rings. The number of benzene rings is 1. The summed E-state index contributed by atoms with van der Waals surface area (Å²) in [5.74, 6) is 0.221. The molecule has 1 aromatic heterocycles. The Hall–Kier alpha value is -2.64. The number of rotatable bonds is 5. The highest BCUT2D eigenvalue weighted by molar-refractivity contribution is 5.94. The van der Waals surface area contributed by atoms with E-state index >= 15 is 0 Å². The molecule has 1 fully saturated rings. The van der Waals surface area contributed by atoms with Gasteiger partial charge in [0.25, 0.3) is 5.91 Å². The number of hydrogen-bond acceptors (Lipinski definition) is 4. The Morgan fingerprint density at radius 3 is 2.48 bits per heavy atom. The number of carbonyl (C=O) groups excluding carboxylic acids is 1. The lowest BCUT2D eigenvalue weighted by atomic mass is 10.0. The number of hydrogen-bond donors (Lipinski definition) is 0. The first kappa shape index (κ1) is 19.1. The van der Waals surface area contributed by atoms with E-state index in [0.29, 0.717) is 35.4 Å². The van der Waals surface area contributed by atoms with Gasteiger partial charge in [-0.2, -0.15) is 0 Å². The molecular formula is C19H20F3N3O2. The number of aryl methyl sites for hydroxylation is 3. The molecule has 5 nitrogen and oxygen atoms in total. The van der Waals surface area contributed by atoms with Crippen LogP contribution in [0.4, 0.5) is 13.2 Å². The van der Waals surface area contributed by atoms with Gasteiger partial charge in [0.05, 0.1) is 5.56 Å². The van der Waals surface area contributed by atoms with E-state index in [1.807, 2.05) is 6.92 Å². The summed E-state index contributed by atoms with van der Waals surface area (Å²) in [6.07, 6.45) is 0.204. The summed E-state index contributed by atoms with van der Waals surface area (Å²) in [6.45, 7) is 4.45. The summed E-state index contributed by atoms with van der Waals surface area (Å²) in [7, 11) is 0. The standard InChI is InChI=1S/C19H20F3N3O2/c1-12-7-14(9-16(8-12)27-19(20,21)22)3-4-17-23-10-15(11-24-17)18(26)25-6-5-13(25)2/h7-11,13H,3-6H2,1-2H3. The highest BCUT2D eigenvalue weighted by Gasteiger charge is 2.31. The Balaban J connectivity index is 1.62. The largest absolute Gasteiger partial charge is 0.573 e. The van der Waals surface area contributed by atoms with Gasteiger partial charge in [-0.3, -0.25) is 4.79 Å². The van der Waals surface area contributed by atoms with Gasteiger partial charge >= 0.3 is 6.36 Å². The summed E-state index contributed by atoms with van der Waals surface area (Å²) in [5.41, 5.74) is 1.83. The maximum atomic E-state index is 12.4. The molecule has 1 aliphatic rings. The van der Waals surface area contributed by atoms with Crippen molar-refractivity contribution in [2.45, 2.75) is 45.5 Å². The Labute approximate surface area is 155 Å². The molecule has 0 radical (unpaired) electrons. The third-order valence-corrected chi connectivity index (χ3v) is 4.51. The fourth-order valence-electron chi connectivity index (χ4n) is 3.00. The summed E-state index contributed by atoms with van der Waals surface area (Å²) in [4.78, 5) is 22.5. The Kier molecular flexibility index (Phi) is 5.34. The predicted octanol–water partition coefficient (Wildman–Crippen LogP) is 3.70. The van der Waals surface area contributed by atoms with Crippen molar-refractivity contribution in [3.63, 3.8) is 0 Å². The zero-order valence-electron chi connectivity index (χ0n) is 15.1. The highest BCUT2D eigenvalue weighted by Crippen LogP contribution is 2.25. The van der Waals surface area contributed by atoms with Crippen LogP contribution in [0.5, 0.6) is 5.75 Å². The van der Waals surface area contributed by atoms with E-state index in [1.54, 1.807) is 17.9 Å². The van der Waals surface area contributed by atoms with Crippen molar-refractivity contribution in [1.29, 1.82) is 0 Å². The molecule has 1 aliphatic heterocycles. The van der Waals surface area contributed by atoms with E-state index in [2.05, 4.69) is 14.7 Å². The van der Waals surface area contributed by atoms with E-state index in [9.17, 15) is 18.0 Å². The first-order valence-electron chi connectivity index (χ1n) is 8.69. The molecular weight excluding hydrogens is 359 g/mol. The minimum atomic E-state index is -4.72. The summed E-state index contributed by atoms with van der Waals surface area (Å²) in [6, 6.07) is 4.74. The quantitative estimate of drug-likeness (QED) is 0.795. The molecule has 8 heteroatoms. The van der Waals surface area contributed by atoms with Crippen LogP contribution in [-0.4, -0.2) is 39.7 Å². The maximum Gasteiger partial charge on any atom is 0.573 e. The van der Waals surface area contributed by atoms with Gasteiger partial charge in [0.15, 0.2) is 0 Å². The monoisotopic (exact) mass is 379 g/mol. The van der Waals surface area contributed by atoms with Gasteiger partial charge < -0.3 is 9.64 Å². The topological polar surface area (TPSA) is 55.3 Å². The molecule has 0 spiro atoms. The molecule has 3 rings (SSSR count).